The van der Waals surface area contributed by atoms with Gasteiger partial charge in [-0.2, -0.15) is 0 Å². The molecule has 0 bridgehead atoms. The maximum atomic E-state index is 13.3. The van der Waals surface area contributed by atoms with Crippen molar-refractivity contribution in [3.63, 3.8) is 0 Å². The van der Waals surface area contributed by atoms with Crippen LogP contribution in [0.15, 0.2) is 78.4 Å². The molecule has 0 radical (unpaired) electrons. The zero-order valence-electron chi connectivity index (χ0n) is 19.4. The minimum Gasteiger partial charge on any atom is -0.507 e. The molecule has 1 fully saturated rings. The second-order valence-corrected chi connectivity index (χ2v) is 7.88. The second-order valence-electron chi connectivity index (χ2n) is 7.88. The molecule has 2 amide bonds. The highest BCUT2D eigenvalue weighted by Gasteiger charge is 2.47. The number of aliphatic hydroxyl groups excluding tert-OH is 1. The number of methoxy groups -OCH3 is 2. The molecule has 2 N–H and O–H groups in total. The zero-order chi connectivity index (χ0) is 25.1. The summed E-state index contributed by atoms with van der Waals surface area (Å²) in [5.41, 5.74) is 1.89. The van der Waals surface area contributed by atoms with Crippen molar-refractivity contribution in [1.29, 1.82) is 0 Å². The number of hydrogen-bond acceptors (Lipinski definition) is 6. The Bertz CT molecular complexity index is 1320. The average molecular weight is 472 g/mol. The Morgan fingerprint density at radius 3 is 2.17 bits per heavy atom. The van der Waals surface area contributed by atoms with E-state index in [0.29, 0.717) is 34.0 Å². The van der Waals surface area contributed by atoms with Crippen LogP contribution in [0, 0.1) is 0 Å². The first-order valence-electron chi connectivity index (χ1n) is 10.8. The van der Waals surface area contributed by atoms with Crippen molar-refractivity contribution in [2.45, 2.75) is 13.0 Å². The van der Waals surface area contributed by atoms with E-state index < -0.39 is 17.7 Å². The topological polar surface area (TPSA) is 105 Å². The van der Waals surface area contributed by atoms with Crippen molar-refractivity contribution in [3.05, 3.63) is 89.5 Å². The Morgan fingerprint density at radius 2 is 1.57 bits per heavy atom. The lowest BCUT2D eigenvalue weighted by molar-refractivity contribution is -0.132. The SMILES string of the molecule is COc1ccc([C@@H]2/C(=C(\O)c3ccccc3)C(=O)C(=O)N2c2ccc(NC(C)=O)cc2)cc1OC. The number of aliphatic hydroxyl groups is 1. The van der Waals surface area contributed by atoms with Crippen molar-refractivity contribution in [1.82, 2.24) is 0 Å². The van der Waals surface area contributed by atoms with Crippen LogP contribution in [-0.2, 0) is 14.4 Å². The monoisotopic (exact) mass is 472 g/mol. The molecule has 178 valence electrons. The number of rotatable bonds is 6. The zero-order valence-corrected chi connectivity index (χ0v) is 19.4. The number of nitrogens with one attached hydrogen (secondary N) is 1. The van der Waals surface area contributed by atoms with Gasteiger partial charge in [-0.05, 0) is 42.0 Å². The molecule has 1 aliphatic heterocycles. The van der Waals surface area contributed by atoms with E-state index in [0.717, 1.165) is 0 Å². The highest BCUT2D eigenvalue weighted by Crippen LogP contribution is 2.44. The number of carbonyl (C=O) groups is 3. The summed E-state index contributed by atoms with van der Waals surface area (Å²) < 4.78 is 10.8. The van der Waals surface area contributed by atoms with E-state index in [2.05, 4.69) is 5.32 Å². The minimum absolute atomic E-state index is 0.0423. The van der Waals surface area contributed by atoms with Gasteiger partial charge in [0, 0.05) is 23.9 Å². The van der Waals surface area contributed by atoms with Crippen LogP contribution in [0.1, 0.15) is 24.1 Å². The van der Waals surface area contributed by atoms with Gasteiger partial charge in [-0.15, -0.1) is 0 Å². The predicted molar refractivity (Wildman–Crippen MR) is 132 cm³/mol. The van der Waals surface area contributed by atoms with Gasteiger partial charge in [0.1, 0.15) is 5.76 Å². The Kier molecular flexibility index (Phi) is 6.55. The Hall–Kier alpha value is -4.59. The number of anilines is 2. The number of ether oxygens (including phenoxy) is 2. The van der Waals surface area contributed by atoms with Crippen LogP contribution in [0.2, 0.25) is 0 Å². The van der Waals surface area contributed by atoms with E-state index in [9.17, 15) is 19.5 Å². The molecule has 1 atom stereocenters. The maximum absolute atomic E-state index is 13.3. The van der Waals surface area contributed by atoms with Crippen LogP contribution < -0.4 is 19.7 Å². The number of amides is 2. The van der Waals surface area contributed by atoms with Crippen LogP contribution in [0.4, 0.5) is 11.4 Å². The molecule has 4 rings (SSSR count). The van der Waals surface area contributed by atoms with Gasteiger partial charge in [0.2, 0.25) is 5.91 Å². The van der Waals surface area contributed by atoms with E-state index >= 15 is 0 Å². The molecule has 35 heavy (non-hydrogen) atoms. The third kappa shape index (κ3) is 4.46. The van der Waals surface area contributed by atoms with Gasteiger partial charge >= 0.3 is 0 Å². The molecule has 0 spiro atoms. The van der Waals surface area contributed by atoms with Gasteiger partial charge in [-0.3, -0.25) is 19.3 Å². The van der Waals surface area contributed by atoms with Gasteiger partial charge in [-0.25, -0.2) is 0 Å². The first kappa shape index (κ1) is 23.6. The molecule has 0 aliphatic carbocycles. The lowest BCUT2D eigenvalue weighted by atomic mass is 9.94. The van der Waals surface area contributed by atoms with Crippen molar-refractivity contribution >= 4 is 34.7 Å². The number of carbonyl (C=O) groups excluding carboxylic acids is 3. The maximum Gasteiger partial charge on any atom is 0.300 e. The van der Waals surface area contributed by atoms with Gasteiger partial charge in [-0.1, -0.05) is 36.4 Å². The van der Waals surface area contributed by atoms with Crippen molar-refractivity contribution in [3.8, 4) is 11.5 Å². The fourth-order valence-electron chi connectivity index (χ4n) is 4.10. The fourth-order valence-corrected chi connectivity index (χ4v) is 4.10. The molecule has 8 heteroatoms. The van der Waals surface area contributed by atoms with Crippen molar-refractivity contribution in [2.75, 3.05) is 24.4 Å². The smallest absolute Gasteiger partial charge is 0.300 e. The summed E-state index contributed by atoms with van der Waals surface area (Å²) in [4.78, 5) is 39.2. The third-order valence-electron chi connectivity index (χ3n) is 5.68. The van der Waals surface area contributed by atoms with E-state index in [-0.39, 0.29) is 17.2 Å². The number of hydrogen-bond donors (Lipinski definition) is 2. The molecular weight excluding hydrogens is 448 g/mol. The van der Waals surface area contributed by atoms with Crippen LogP contribution in [-0.4, -0.2) is 36.9 Å². The van der Waals surface area contributed by atoms with E-state index in [1.807, 2.05) is 0 Å². The summed E-state index contributed by atoms with van der Waals surface area (Å²) in [6.45, 7) is 1.40. The highest BCUT2D eigenvalue weighted by atomic mass is 16.5. The van der Waals surface area contributed by atoms with E-state index in [1.54, 1.807) is 72.8 Å². The molecular formula is C27H24N2O6. The normalized spacial score (nSPS) is 16.8. The Balaban J connectivity index is 1.90. The first-order valence-corrected chi connectivity index (χ1v) is 10.8. The molecule has 3 aromatic carbocycles. The van der Waals surface area contributed by atoms with Gasteiger partial charge in [0.25, 0.3) is 11.7 Å². The summed E-state index contributed by atoms with van der Waals surface area (Å²) in [5, 5.41) is 13.8. The molecule has 1 aliphatic rings. The first-order chi connectivity index (χ1) is 16.8. The van der Waals surface area contributed by atoms with Crippen LogP contribution in [0.25, 0.3) is 5.76 Å². The molecule has 0 saturated carbocycles. The lowest BCUT2D eigenvalue weighted by Crippen LogP contribution is -2.29. The summed E-state index contributed by atoms with van der Waals surface area (Å²) in [6.07, 6.45) is 0. The predicted octanol–water partition coefficient (Wildman–Crippen LogP) is 4.29. The molecule has 8 nitrogen and oxygen atoms in total. The largest absolute Gasteiger partial charge is 0.507 e. The van der Waals surface area contributed by atoms with Crippen LogP contribution in [0.5, 0.6) is 11.5 Å². The highest BCUT2D eigenvalue weighted by molar-refractivity contribution is 6.51. The van der Waals surface area contributed by atoms with Gasteiger partial charge in [0.15, 0.2) is 11.5 Å². The Labute approximate surface area is 202 Å². The molecule has 1 heterocycles. The molecule has 1 saturated heterocycles. The quantitative estimate of drug-likeness (QED) is 0.315. The molecule has 3 aromatic rings. The van der Waals surface area contributed by atoms with Crippen LogP contribution in [0.3, 0.4) is 0 Å². The van der Waals surface area contributed by atoms with Gasteiger partial charge < -0.3 is 19.9 Å². The average Bonchev–Trinajstić information content (AvgIpc) is 3.14. The van der Waals surface area contributed by atoms with Crippen molar-refractivity contribution in [2.24, 2.45) is 0 Å². The summed E-state index contributed by atoms with van der Waals surface area (Å²) >= 11 is 0. The number of Topliss-reactive ketones (excluding diaryl/α,β-unsaturated/α-hetero) is 1. The molecule has 0 aromatic heterocycles. The Morgan fingerprint density at radius 1 is 0.914 bits per heavy atom. The van der Waals surface area contributed by atoms with Crippen molar-refractivity contribution < 1.29 is 29.0 Å². The van der Waals surface area contributed by atoms with E-state index in [4.69, 9.17) is 9.47 Å². The standard InChI is InChI=1S/C27H24N2O6/c1-16(30)28-19-10-12-20(13-11-19)29-24(18-9-14-21(34-2)22(15-18)35-3)23(26(32)27(29)33)25(31)17-7-5-4-6-8-17/h4-15,24,31H,1-3H3,(H,28,30)/b25-23+/t24-/m1/s1. The van der Waals surface area contributed by atoms with Gasteiger partial charge in [0.05, 0.1) is 25.8 Å². The fraction of sp³-hybridized carbons (Fsp3) is 0.148. The molecule has 0 unspecified atom stereocenters. The third-order valence-corrected chi connectivity index (χ3v) is 5.68. The number of ketones is 1. The number of nitrogens with zero attached hydrogens (tertiary/aromatic N) is 1. The summed E-state index contributed by atoms with van der Waals surface area (Å²) in [6, 6.07) is 19.3. The number of benzene rings is 3. The second kappa shape index (κ2) is 9.72. The summed E-state index contributed by atoms with van der Waals surface area (Å²) in [7, 11) is 3.00. The van der Waals surface area contributed by atoms with E-state index in [1.165, 1.54) is 26.0 Å². The summed E-state index contributed by atoms with van der Waals surface area (Å²) in [5.74, 6) is -1.20. The van der Waals surface area contributed by atoms with Crippen LogP contribution >= 0.6 is 0 Å². The minimum atomic E-state index is -0.929. The lowest BCUT2D eigenvalue weighted by Gasteiger charge is -2.26.